The normalized spacial score (nSPS) is 14.2. The minimum Gasteiger partial charge on any atom is -0.481 e. The summed E-state index contributed by atoms with van der Waals surface area (Å²) < 4.78 is 1.79. The molecule has 0 saturated heterocycles. The van der Waals surface area contributed by atoms with Crippen LogP contribution in [0.2, 0.25) is 0 Å². The van der Waals surface area contributed by atoms with Gasteiger partial charge in [-0.05, 0) is 31.9 Å². The maximum absolute atomic E-state index is 12.3. The predicted octanol–water partition coefficient (Wildman–Crippen LogP) is 1.95. The Hall–Kier alpha value is -1.78. The smallest absolute Gasteiger partial charge is 0.305 e. The van der Waals surface area contributed by atoms with E-state index in [1.807, 2.05) is 33.9 Å². The third-order valence-corrected chi connectivity index (χ3v) is 3.80. The molecule has 1 unspecified atom stereocenters. The molecule has 0 radical (unpaired) electrons. The van der Waals surface area contributed by atoms with E-state index in [9.17, 15) is 9.59 Å². The van der Waals surface area contributed by atoms with Gasteiger partial charge in [-0.25, -0.2) is 0 Å². The molecule has 1 heterocycles. The van der Waals surface area contributed by atoms with Crippen molar-refractivity contribution >= 4 is 11.9 Å². The minimum atomic E-state index is -0.917. The highest BCUT2D eigenvalue weighted by molar-refractivity contribution is 5.93. The molecule has 1 aromatic heterocycles. The summed E-state index contributed by atoms with van der Waals surface area (Å²) in [5.74, 6) is -1.14. The van der Waals surface area contributed by atoms with E-state index in [1.165, 1.54) is 0 Å². The number of aliphatic carboxylic acids is 1. The fourth-order valence-electron chi connectivity index (χ4n) is 1.87. The van der Waals surface area contributed by atoms with Gasteiger partial charge in [0.05, 0.1) is 12.0 Å². The first-order chi connectivity index (χ1) is 8.67. The van der Waals surface area contributed by atoms with Crippen LogP contribution in [0.1, 0.15) is 43.4 Å². The number of carboxylic acids is 1. The fourth-order valence-corrected chi connectivity index (χ4v) is 1.87. The highest BCUT2D eigenvalue weighted by Gasteiger charge is 2.33. The lowest BCUT2D eigenvalue weighted by atomic mass is 9.85. The molecule has 5 heteroatoms. The zero-order valence-electron chi connectivity index (χ0n) is 12.2. The number of nitrogens with zero attached hydrogens (tertiary/aromatic N) is 1. The first-order valence-electron chi connectivity index (χ1n) is 6.34. The minimum absolute atomic E-state index is 0.0221. The lowest BCUT2D eigenvalue weighted by molar-refractivity contribution is -0.138. The molecule has 19 heavy (non-hydrogen) atoms. The average molecular weight is 266 g/mol. The summed E-state index contributed by atoms with van der Waals surface area (Å²) in [6, 6.07) is 3.60. The van der Waals surface area contributed by atoms with Crippen LogP contribution in [0.4, 0.5) is 0 Å². The molecule has 0 bridgehead atoms. The van der Waals surface area contributed by atoms with Gasteiger partial charge in [0, 0.05) is 12.7 Å². The van der Waals surface area contributed by atoms with Crippen LogP contribution in [-0.2, 0) is 11.8 Å². The van der Waals surface area contributed by atoms with Gasteiger partial charge in [-0.3, -0.25) is 9.59 Å². The van der Waals surface area contributed by atoms with Crippen molar-refractivity contribution in [1.82, 2.24) is 9.88 Å². The fraction of sp³-hybridized carbons (Fsp3) is 0.571. The van der Waals surface area contributed by atoms with Gasteiger partial charge in [0.25, 0.3) is 5.91 Å². The van der Waals surface area contributed by atoms with Crippen LogP contribution < -0.4 is 5.32 Å². The molecule has 0 saturated carbocycles. The Morgan fingerprint density at radius 1 is 1.42 bits per heavy atom. The Balaban J connectivity index is 2.94. The van der Waals surface area contributed by atoms with Crippen LogP contribution in [0.3, 0.4) is 0 Å². The van der Waals surface area contributed by atoms with Crippen molar-refractivity contribution < 1.29 is 14.7 Å². The Kier molecular flexibility index (Phi) is 4.39. The van der Waals surface area contributed by atoms with Gasteiger partial charge in [0.2, 0.25) is 0 Å². The van der Waals surface area contributed by atoms with E-state index in [2.05, 4.69) is 5.32 Å². The van der Waals surface area contributed by atoms with Gasteiger partial charge in [0.15, 0.2) is 0 Å². The van der Waals surface area contributed by atoms with Crippen molar-refractivity contribution in [2.24, 2.45) is 13.0 Å². The van der Waals surface area contributed by atoms with E-state index < -0.39 is 11.5 Å². The molecular formula is C14H22N2O3. The highest BCUT2D eigenvalue weighted by Crippen LogP contribution is 2.21. The maximum atomic E-state index is 12.3. The van der Waals surface area contributed by atoms with Crippen LogP contribution in [0.25, 0.3) is 0 Å². The van der Waals surface area contributed by atoms with Crippen molar-refractivity contribution in [3.8, 4) is 0 Å². The van der Waals surface area contributed by atoms with Crippen molar-refractivity contribution in [1.29, 1.82) is 0 Å². The number of aromatic nitrogens is 1. The Labute approximate surface area is 113 Å². The molecule has 0 aromatic carbocycles. The van der Waals surface area contributed by atoms with Gasteiger partial charge in [-0.2, -0.15) is 0 Å². The lowest BCUT2D eigenvalue weighted by Crippen LogP contribution is -2.51. The Bertz CT molecular complexity index is 491. The second kappa shape index (κ2) is 5.47. The molecule has 1 atom stereocenters. The van der Waals surface area contributed by atoms with E-state index in [-0.39, 0.29) is 18.2 Å². The first kappa shape index (κ1) is 15.3. The molecule has 0 fully saturated rings. The van der Waals surface area contributed by atoms with E-state index in [1.54, 1.807) is 17.6 Å². The molecule has 5 nitrogen and oxygen atoms in total. The summed E-state index contributed by atoms with van der Waals surface area (Å²) in [5.41, 5.74) is 0.755. The third kappa shape index (κ3) is 3.36. The summed E-state index contributed by atoms with van der Waals surface area (Å²) in [6.07, 6.45) is -0.0974. The summed E-state index contributed by atoms with van der Waals surface area (Å²) in [6.45, 7) is 7.48. The molecule has 0 spiro atoms. The monoisotopic (exact) mass is 266 g/mol. The van der Waals surface area contributed by atoms with Crippen LogP contribution in [0.5, 0.6) is 0 Å². The summed E-state index contributed by atoms with van der Waals surface area (Å²) in [4.78, 5) is 23.2. The van der Waals surface area contributed by atoms with Crippen molar-refractivity contribution in [3.63, 3.8) is 0 Å². The lowest BCUT2D eigenvalue weighted by Gasteiger charge is -2.33. The molecule has 2 N–H and O–H groups in total. The van der Waals surface area contributed by atoms with Crippen molar-refractivity contribution in [2.75, 3.05) is 0 Å². The Morgan fingerprint density at radius 3 is 2.37 bits per heavy atom. The number of amides is 1. The number of aryl methyl sites for hydroxylation is 1. The molecule has 1 aromatic rings. The van der Waals surface area contributed by atoms with Crippen LogP contribution >= 0.6 is 0 Å². The second-order valence-corrected chi connectivity index (χ2v) is 5.52. The highest BCUT2D eigenvalue weighted by atomic mass is 16.4. The van der Waals surface area contributed by atoms with Crippen LogP contribution in [-0.4, -0.2) is 27.1 Å². The molecule has 0 aliphatic heterocycles. The third-order valence-electron chi connectivity index (χ3n) is 3.80. The SMILES string of the molecule is Cc1ccc(C(=O)NC(C)(CC(=O)O)C(C)C)n1C. The summed E-state index contributed by atoms with van der Waals surface area (Å²) >= 11 is 0. The largest absolute Gasteiger partial charge is 0.481 e. The van der Waals surface area contributed by atoms with E-state index in [0.717, 1.165) is 5.69 Å². The number of rotatable bonds is 5. The van der Waals surface area contributed by atoms with Crippen molar-refractivity contribution in [3.05, 3.63) is 23.5 Å². The van der Waals surface area contributed by atoms with E-state index in [0.29, 0.717) is 5.69 Å². The molecule has 1 amide bonds. The zero-order chi connectivity index (χ0) is 14.8. The summed E-state index contributed by atoms with van der Waals surface area (Å²) in [7, 11) is 1.81. The van der Waals surface area contributed by atoms with E-state index >= 15 is 0 Å². The standard InChI is InChI=1S/C14H22N2O3/c1-9(2)14(4,8-12(17)18)15-13(19)11-7-6-10(3)16(11)5/h6-7,9H,8H2,1-5H3,(H,15,19)(H,17,18). The second-order valence-electron chi connectivity index (χ2n) is 5.52. The van der Waals surface area contributed by atoms with Gasteiger partial charge in [-0.1, -0.05) is 13.8 Å². The predicted molar refractivity (Wildman–Crippen MR) is 73.1 cm³/mol. The van der Waals surface area contributed by atoms with Gasteiger partial charge >= 0.3 is 5.97 Å². The van der Waals surface area contributed by atoms with Gasteiger partial charge in [-0.15, -0.1) is 0 Å². The first-order valence-corrected chi connectivity index (χ1v) is 6.34. The quantitative estimate of drug-likeness (QED) is 0.855. The zero-order valence-corrected chi connectivity index (χ0v) is 12.2. The molecule has 1 rings (SSSR count). The number of hydrogen-bond donors (Lipinski definition) is 2. The van der Waals surface area contributed by atoms with Gasteiger partial charge < -0.3 is 15.0 Å². The van der Waals surface area contributed by atoms with Gasteiger partial charge in [0.1, 0.15) is 5.69 Å². The molecule has 0 aliphatic rings. The molecule has 106 valence electrons. The number of nitrogens with one attached hydrogen (secondary N) is 1. The maximum Gasteiger partial charge on any atom is 0.305 e. The number of carbonyl (C=O) groups is 2. The topological polar surface area (TPSA) is 71.3 Å². The number of carbonyl (C=O) groups excluding carboxylic acids is 1. The molecular weight excluding hydrogens is 244 g/mol. The summed E-state index contributed by atoms with van der Waals surface area (Å²) in [5, 5.41) is 11.8. The number of hydrogen-bond acceptors (Lipinski definition) is 2. The van der Waals surface area contributed by atoms with Crippen LogP contribution in [0, 0.1) is 12.8 Å². The average Bonchev–Trinajstić information content (AvgIpc) is 2.58. The number of carboxylic acid groups (broad SMARTS) is 1. The molecule has 0 aliphatic carbocycles. The Morgan fingerprint density at radius 2 is 2.00 bits per heavy atom. The van der Waals surface area contributed by atoms with E-state index in [4.69, 9.17) is 5.11 Å². The van der Waals surface area contributed by atoms with Crippen LogP contribution in [0.15, 0.2) is 12.1 Å². The van der Waals surface area contributed by atoms with Crippen molar-refractivity contribution in [2.45, 2.75) is 39.7 Å².